The van der Waals surface area contributed by atoms with Crippen molar-refractivity contribution < 1.29 is 9.59 Å². The van der Waals surface area contributed by atoms with Gasteiger partial charge in [-0.3, -0.25) is 9.59 Å². The fraction of sp³-hybridized carbons (Fsp3) is 0.200. The van der Waals surface area contributed by atoms with E-state index in [1.165, 1.54) is 0 Å². The van der Waals surface area contributed by atoms with E-state index in [-0.39, 0.29) is 22.8 Å². The molecule has 2 rings (SSSR count). The van der Waals surface area contributed by atoms with Gasteiger partial charge in [-0.25, -0.2) is 0 Å². The number of rotatable bonds is 4. The third-order valence-electron chi connectivity index (χ3n) is 3.02. The van der Waals surface area contributed by atoms with Crippen LogP contribution in [0.15, 0.2) is 52.8 Å². The Morgan fingerprint density at radius 3 is 2.45 bits per heavy atom. The predicted octanol–water partition coefficient (Wildman–Crippen LogP) is 3.23. The molecule has 0 aliphatic heterocycles. The summed E-state index contributed by atoms with van der Waals surface area (Å²) in [5, 5.41) is 3.52. The normalized spacial score (nSPS) is 14.4. The van der Waals surface area contributed by atoms with Crippen molar-refractivity contribution in [1.82, 2.24) is 4.91 Å². The van der Waals surface area contributed by atoms with Crippen molar-refractivity contribution in [1.29, 1.82) is 5.53 Å². The lowest BCUT2D eigenvalue weighted by molar-refractivity contribution is 0.0975. The third kappa shape index (κ3) is 2.39. The molecule has 0 spiro atoms. The molecule has 1 N–H and O–H groups in total. The Bertz CT molecular complexity index is 680. The monoisotopic (exact) mass is 268 g/mol. The van der Waals surface area contributed by atoms with Gasteiger partial charge in [0.2, 0.25) is 16.4 Å². The molecule has 0 aromatic heterocycles. The van der Waals surface area contributed by atoms with Crippen LogP contribution < -0.4 is 4.91 Å². The maximum Gasteiger partial charge on any atom is 0.220 e. The average molecular weight is 268 g/mol. The second-order valence-corrected chi connectivity index (χ2v) is 4.36. The molecule has 1 aromatic rings. The van der Waals surface area contributed by atoms with Gasteiger partial charge < -0.3 is 0 Å². The molecule has 0 fully saturated rings. The van der Waals surface area contributed by atoms with E-state index in [2.05, 4.69) is 10.0 Å². The molecule has 0 saturated carbocycles. The van der Waals surface area contributed by atoms with Gasteiger partial charge in [-0.15, -0.1) is 0 Å². The van der Waals surface area contributed by atoms with Crippen LogP contribution in [0, 0.1) is 5.53 Å². The minimum atomic E-state index is -0.368. The Hall–Kier alpha value is -2.65. The molecule has 0 heterocycles. The van der Waals surface area contributed by atoms with Crippen molar-refractivity contribution in [3.8, 4) is 0 Å². The number of fused-ring (bicyclic) bond motifs is 1. The number of nitrogens with one attached hydrogen (secondary N) is 1. The zero-order chi connectivity index (χ0) is 14.5. The molecule has 0 saturated heterocycles. The zero-order valence-electron chi connectivity index (χ0n) is 11.1. The van der Waals surface area contributed by atoms with Crippen LogP contribution in [0.1, 0.15) is 40.5 Å². The quantitative estimate of drug-likeness (QED) is 0.671. The van der Waals surface area contributed by atoms with E-state index in [9.17, 15) is 9.59 Å². The fourth-order valence-electron chi connectivity index (χ4n) is 2.05. The standard InChI is InChI=1S/C15H14N3O2/c1-2-3-4-9-12-13(17-18-16)15(20)11-8-6-5-7-10(11)14(12)19/h4-9,16H,2-3H2,1H3/q+1/b9-4+. The Balaban J connectivity index is 2.59. The molecule has 1 aromatic carbocycles. The van der Waals surface area contributed by atoms with E-state index in [0.29, 0.717) is 11.1 Å². The van der Waals surface area contributed by atoms with Gasteiger partial charge in [0.1, 0.15) is 5.53 Å². The van der Waals surface area contributed by atoms with Crippen molar-refractivity contribution >= 4 is 11.6 Å². The van der Waals surface area contributed by atoms with Gasteiger partial charge in [0.15, 0.2) is 10.9 Å². The van der Waals surface area contributed by atoms with Crippen molar-refractivity contribution in [2.24, 2.45) is 5.11 Å². The SMILES string of the molecule is CCC/C=C/C1=C(N=[N+]=N)C(=O)c2ccccc2C1=O. The van der Waals surface area contributed by atoms with Crippen molar-refractivity contribution in [3.63, 3.8) is 0 Å². The summed E-state index contributed by atoms with van der Waals surface area (Å²) in [5.41, 5.74) is 7.65. The van der Waals surface area contributed by atoms with Crippen LogP contribution >= 0.6 is 0 Å². The molecule has 1 aliphatic carbocycles. The minimum Gasteiger partial charge on any atom is -0.288 e. The fourth-order valence-corrected chi connectivity index (χ4v) is 2.05. The van der Waals surface area contributed by atoms with E-state index < -0.39 is 0 Å². The lowest BCUT2D eigenvalue weighted by atomic mass is 9.87. The molecule has 20 heavy (non-hydrogen) atoms. The first kappa shape index (κ1) is 13.8. The second kappa shape index (κ2) is 5.99. The first-order valence-electron chi connectivity index (χ1n) is 6.37. The average Bonchev–Trinajstić information content (AvgIpc) is 2.47. The molecular formula is C15H14N3O2+. The number of allylic oxidation sites excluding steroid dienone is 4. The van der Waals surface area contributed by atoms with Crippen molar-refractivity contribution in [2.75, 3.05) is 0 Å². The van der Waals surface area contributed by atoms with Crippen LogP contribution in [0.2, 0.25) is 0 Å². The molecule has 0 unspecified atom stereocenters. The lowest BCUT2D eigenvalue weighted by Gasteiger charge is -2.13. The molecule has 0 radical (unpaired) electrons. The number of benzene rings is 1. The third-order valence-corrected chi connectivity index (χ3v) is 3.02. The Kier molecular flexibility index (Phi) is 4.13. The molecule has 0 amide bonds. The van der Waals surface area contributed by atoms with Gasteiger partial charge in [-0.2, -0.15) is 0 Å². The predicted molar refractivity (Wildman–Crippen MR) is 73.5 cm³/mol. The van der Waals surface area contributed by atoms with Gasteiger partial charge in [0.25, 0.3) is 0 Å². The first-order chi connectivity index (χ1) is 9.70. The van der Waals surface area contributed by atoms with E-state index in [0.717, 1.165) is 12.8 Å². The number of hydrogen-bond acceptors (Lipinski definition) is 4. The van der Waals surface area contributed by atoms with Gasteiger partial charge in [0, 0.05) is 11.1 Å². The maximum atomic E-state index is 12.4. The number of unbranched alkanes of at least 4 members (excludes halogenated alkanes) is 1. The largest absolute Gasteiger partial charge is 0.288 e. The van der Waals surface area contributed by atoms with Crippen LogP contribution in [0.4, 0.5) is 0 Å². The summed E-state index contributed by atoms with van der Waals surface area (Å²) >= 11 is 0. The summed E-state index contributed by atoms with van der Waals surface area (Å²) in [4.78, 5) is 27.6. The van der Waals surface area contributed by atoms with E-state index in [1.807, 2.05) is 13.0 Å². The van der Waals surface area contributed by atoms with Gasteiger partial charge in [-0.1, -0.05) is 49.8 Å². The number of carbonyl (C=O) groups excluding carboxylic acids is 2. The molecule has 0 bridgehead atoms. The number of nitrogens with zero attached hydrogens (tertiary/aromatic N) is 2. The summed E-state index contributed by atoms with van der Waals surface area (Å²) in [5.74, 6) is -0.623. The summed E-state index contributed by atoms with van der Waals surface area (Å²) in [7, 11) is 0. The smallest absolute Gasteiger partial charge is 0.220 e. The molecule has 5 nitrogen and oxygen atoms in total. The molecular weight excluding hydrogens is 254 g/mol. The second-order valence-electron chi connectivity index (χ2n) is 4.36. The maximum absolute atomic E-state index is 12.4. The zero-order valence-corrected chi connectivity index (χ0v) is 11.1. The van der Waals surface area contributed by atoms with Crippen LogP contribution in [0.5, 0.6) is 0 Å². The molecule has 0 atom stereocenters. The molecule has 100 valence electrons. The van der Waals surface area contributed by atoms with Gasteiger partial charge in [-0.05, 0) is 6.42 Å². The van der Waals surface area contributed by atoms with Crippen LogP contribution in [-0.4, -0.2) is 11.6 Å². The number of hydrogen-bond donors (Lipinski definition) is 1. The number of ketones is 2. The van der Waals surface area contributed by atoms with Gasteiger partial charge >= 0.3 is 0 Å². The lowest BCUT2D eigenvalue weighted by Crippen LogP contribution is -2.20. The summed E-state index contributed by atoms with van der Waals surface area (Å²) in [6, 6.07) is 6.62. The van der Waals surface area contributed by atoms with E-state index in [4.69, 9.17) is 5.53 Å². The first-order valence-corrected chi connectivity index (χ1v) is 6.37. The number of Topliss-reactive ketones (excluding diaryl/α,β-unsaturated/α-hetero) is 2. The van der Waals surface area contributed by atoms with E-state index >= 15 is 0 Å². The minimum absolute atomic E-state index is 0.0592. The summed E-state index contributed by atoms with van der Waals surface area (Å²) in [6.45, 7) is 2.02. The Morgan fingerprint density at radius 1 is 1.20 bits per heavy atom. The highest BCUT2D eigenvalue weighted by molar-refractivity contribution is 6.27. The summed E-state index contributed by atoms with van der Waals surface area (Å²) < 4.78 is 0. The highest BCUT2D eigenvalue weighted by atomic mass is 16.1. The van der Waals surface area contributed by atoms with E-state index in [1.54, 1.807) is 30.3 Å². The van der Waals surface area contributed by atoms with Gasteiger partial charge in [0.05, 0.1) is 5.57 Å². The topological polar surface area (TPSA) is 84.4 Å². The summed E-state index contributed by atoms with van der Waals surface area (Å²) in [6.07, 6.45) is 5.17. The van der Waals surface area contributed by atoms with Crippen LogP contribution in [0.3, 0.4) is 0 Å². The number of carbonyl (C=O) groups is 2. The Labute approximate surface area is 116 Å². The van der Waals surface area contributed by atoms with Crippen LogP contribution in [-0.2, 0) is 0 Å². The highest BCUT2D eigenvalue weighted by Crippen LogP contribution is 2.27. The molecule has 1 aliphatic rings. The highest BCUT2D eigenvalue weighted by Gasteiger charge is 2.33. The molecule has 5 heteroatoms. The Morgan fingerprint density at radius 2 is 1.85 bits per heavy atom. The van der Waals surface area contributed by atoms with Crippen molar-refractivity contribution in [2.45, 2.75) is 19.8 Å². The van der Waals surface area contributed by atoms with Crippen molar-refractivity contribution in [3.05, 3.63) is 58.8 Å². The van der Waals surface area contributed by atoms with Crippen LogP contribution in [0.25, 0.3) is 0 Å².